The largest absolute Gasteiger partial charge is 0.377 e. The first-order chi connectivity index (χ1) is 17.6. The summed E-state index contributed by atoms with van der Waals surface area (Å²) in [7, 11) is 2.15. The molecule has 4 rings (SSSR count). The summed E-state index contributed by atoms with van der Waals surface area (Å²) in [5, 5.41) is 8.15. The van der Waals surface area contributed by atoms with Crippen LogP contribution >= 0.6 is 17.6 Å². The van der Waals surface area contributed by atoms with Crippen molar-refractivity contribution in [3.8, 4) is 0 Å². The van der Waals surface area contributed by atoms with E-state index in [1.165, 1.54) is 15.8 Å². The van der Waals surface area contributed by atoms with Gasteiger partial charge in [-0.05, 0) is 29.4 Å². The number of amides is 2. The van der Waals surface area contributed by atoms with Crippen LogP contribution in [0.25, 0.3) is 0 Å². The van der Waals surface area contributed by atoms with Crippen LogP contribution in [0.5, 0.6) is 0 Å². The molecule has 3 N–H and O–H groups in total. The molecule has 2 unspecified atom stereocenters. The highest BCUT2D eigenvalue weighted by Gasteiger charge is 2.52. The molecule has 198 valence electrons. The molecule has 0 bridgehead atoms. The van der Waals surface area contributed by atoms with Crippen molar-refractivity contribution in [1.82, 2.24) is 14.9 Å². The van der Waals surface area contributed by atoms with Gasteiger partial charge in [-0.2, -0.15) is 0 Å². The predicted molar refractivity (Wildman–Crippen MR) is 142 cm³/mol. The minimum absolute atomic E-state index is 0.101. The Bertz CT molecular complexity index is 1290. The third kappa shape index (κ3) is 5.04. The smallest absolute Gasteiger partial charge is 0.276 e. The van der Waals surface area contributed by atoms with Crippen LogP contribution in [0.2, 0.25) is 0 Å². The van der Waals surface area contributed by atoms with E-state index in [1.807, 2.05) is 25.1 Å². The average Bonchev–Trinajstić information content (AvgIpc) is 3.34. The Balaban J connectivity index is 1.72. The number of aromatic nitrogens is 1. The number of hydrogen-bond acceptors (Lipinski definition) is 9. The summed E-state index contributed by atoms with van der Waals surface area (Å²) in [6.07, 6.45) is 2.09. The number of carbonyl (C=O) groups excluding carboxylic acids is 2. The zero-order valence-corrected chi connectivity index (χ0v) is 22.6. The number of nitroso groups, excluding NO2 is 1. The number of nitrogens with zero attached hydrogens (tertiary/aromatic N) is 4. The van der Waals surface area contributed by atoms with Crippen molar-refractivity contribution >= 4 is 40.4 Å². The lowest BCUT2D eigenvalue weighted by molar-refractivity contribution is 0.0231. The van der Waals surface area contributed by atoms with Crippen molar-refractivity contribution in [2.75, 3.05) is 38.0 Å². The monoisotopic (exact) mass is 549 g/mol. The molecule has 1 saturated heterocycles. The third-order valence-corrected chi connectivity index (χ3v) is 8.09. The van der Waals surface area contributed by atoms with E-state index < -0.39 is 37.0 Å². The fraction of sp³-hybridized carbons (Fsp3) is 0.435. The molecule has 1 spiro atoms. The lowest BCUT2D eigenvalue weighted by atomic mass is 10.0. The van der Waals surface area contributed by atoms with Crippen molar-refractivity contribution in [1.29, 1.82) is 0 Å². The molecular formula is C23H29N5O7P2. The third-order valence-electron chi connectivity index (χ3n) is 6.84. The summed E-state index contributed by atoms with van der Waals surface area (Å²) >= 11 is 0. The highest BCUT2D eigenvalue weighted by atomic mass is 31.2. The number of fused-ring (bicyclic) bond motifs is 1. The molecule has 12 nitrogen and oxygen atoms in total. The zero-order chi connectivity index (χ0) is 26.9. The summed E-state index contributed by atoms with van der Waals surface area (Å²) in [5.74, 6) is -1.32. The second-order valence-corrected chi connectivity index (χ2v) is 10.9. The first-order valence-electron chi connectivity index (χ1n) is 11.7. The number of pyridine rings is 1. The van der Waals surface area contributed by atoms with E-state index in [9.17, 15) is 29.1 Å². The number of carbonyl (C=O) groups is 2. The fourth-order valence-corrected chi connectivity index (χ4v) is 5.69. The average molecular weight is 549 g/mol. The molecule has 1 fully saturated rings. The first kappa shape index (κ1) is 27.3. The van der Waals surface area contributed by atoms with E-state index in [0.717, 1.165) is 16.4 Å². The molecule has 2 aliphatic heterocycles. The lowest BCUT2D eigenvalue weighted by Gasteiger charge is -2.52. The number of aryl methyl sites for hydroxylation is 1. The summed E-state index contributed by atoms with van der Waals surface area (Å²) in [4.78, 5) is 71.8. The lowest BCUT2D eigenvalue weighted by Crippen LogP contribution is -2.70. The molecule has 2 amide bonds. The summed E-state index contributed by atoms with van der Waals surface area (Å²) in [6, 6.07) is 5.74. The number of likely N-dealkylation sites (N-methyl/N-ethyl adjacent to an activating group) is 1. The first-order valence-corrected chi connectivity index (χ1v) is 13.7. The van der Waals surface area contributed by atoms with E-state index in [1.54, 1.807) is 12.1 Å². The number of hydrogen-bond donors (Lipinski definition) is 3. The van der Waals surface area contributed by atoms with Gasteiger partial charge in [-0.15, -0.1) is 14.1 Å². The molecule has 2 aliphatic rings. The number of rotatable bonds is 8. The Morgan fingerprint density at radius 2 is 2.08 bits per heavy atom. The maximum absolute atomic E-state index is 13.7. The van der Waals surface area contributed by atoms with Crippen LogP contribution in [0.3, 0.4) is 0 Å². The summed E-state index contributed by atoms with van der Waals surface area (Å²) in [5.41, 5.74) is -1.20. The maximum Gasteiger partial charge on any atom is 0.276 e. The van der Waals surface area contributed by atoms with Gasteiger partial charge in [0.15, 0.2) is 25.4 Å². The molecule has 3 heterocycles. The number of nitrogens with one attached hydrogen (secondary N) is 1. The van der Waals surface area contributed by atoms with Gasteiger partial charge in [-0.1, -0.05) is 23.8 Å². The summed E-state index contributed by atoms with van der Waals surface area (Å²) < 4.78 is 6.95. The second-order valence-electron chi connectivity index (χ2n) is 9.10. The Morgan fingerprint density at radius 3 is 2.70 bits per heavy atom. The van der Waals surface area contributed by atoms with Crippen LogP contribution in [0, 0.1) is 11.8 Å². The van der Waals surface area contributed by atoms with Crippen LogP contribution in [-0.2, 0) is 11.3 Å². The van der Waals surface area contributed by atoms with E-state index in [4.69, 9.17) is 4.74 Å². The molecule has 0 aliphatic carbocycles. The normalized spacial score (nSPS) is 19.0. The van der Waals surface area contributed by atoms with E-state index >= 15 is 0 Å². The highest BCUT2D eigenvalue weighted by molar-refractivity contribution is 7.45. The quantitative estimate of drug-likeness (QED) is 0.323. The van der Waals surface area contributed by atoms with Gasteiger partial charge < -0.3 is 24.7 Å². The van der Waals surface area contributed by atoms with E-state index in [-0.39, 0.29) is 37.1 Å². The topological polar surface area (TPSA) is 154 Å². The Labute approximate surface area is 216 Å². The van der Waals surface area contributed by atoms with E-state index in [2.05, 4.69) is 19.7 Å². The second kappa shape index (κ2) is 10.9. The van der Waals surface area contributed by atoms with Crippen molar-refractivity contribution < 1.29 is 24.1 Å². The minimum Gasteiger partial charge on any atom is -0.377 e. The molecule has 2 aromatic rings. The molecule has 1 aromatic carbocycles. The zero-order valence-electron chi connectivity index (χ0n) is 20.5. The molecule has 0 saturated carbocycles. The van der Waals surface area contributed by atoms with Crippen molar-refractivity contribution in [3.63, 3.8) is 0 Å². The summed E-state index contributed by atoms with van der Waals surface area (Å²) in [6.45, 7) is 2.78. The molecule has 37 heavy (non-hydrogen) atoms. The maximum atomic E-state index is 13.7. The van der Waals surface area contributed by atoms with Crippen molar-refractivity contribution in [2.45, 2.75) is 32.0 Å². The van der Waals surface area contributed by atoms with Gasteiger partial charge >= 0.3 is 0 Å². The molecule has 1 aromatic heterocycles. The van der Waals surface area contributed by atoms with Gasteiger partial charge in [0.25, 0.3) is 11.8 Å². The Morgan fingerprint density at radius 1 is 1.32 bits per heavy atom. The Hall–Kier alpha value is -2.75. The number of benzene rings is 1. The fourth-order valence-electron chi connectivity index (χ4n) is 4.80. The van der Waals surface area contributed by atoms with Gasteiger partial charge in [0.1, 0.15) is 5.56 Å². The van der Waals surface area contributed by atoms with E-state index in [0.29, 0.717) is 19.4 Å². The van der Waals surface area contributed by atoms with Crippen LogP contribution < -0.4 is 21.1 Å². The van der Waals surface area contributed by atoms with Gasteiger partial charge in [-0.25, -0.2) is 0 Å². The van der Waals surface area contributed by atoms with Crippen molar-refractivity contribution in [2.24, 2.45) is 5.18 Å². The van der Waals surface area contributed by atoms with Gasteiger partial charge in [0.05, 0.1) is 13.2 Å². The molecule has 14 heteroatoms. The van der Waals surface area contributed by atoms with Crippen LogP contribution in [0.1, 0.15) is 44.8 Å². The Kier molecular flexibility index (Phi) is 8.06. The molecule has 0 radical (unpaired) electrons. The standard InChI is InChI=1S/C23H29N5O7P2/c1-14-4-5-15(17(36)10-14)11-24-21(30)16-12-28-19(18(25-32)20(16)29)22(31)27(7-3-9-37(33)34)23(26(28)2)6-8-35-13-23/h4-5,10,12,33-34H,3,6-9,11,13,36H2,1-2H3,(H,24,30). The number of ether oxygens (including phenoxy) is 1. The van der Waals surface area contributed by atoms with Gasteiger partial charge in [0.2, 0.25) is 5.43 Å². The van der Waals surface area contributed by atoms with Gasteiger partial charge in [0, 0.05) is 38.9 Å². The van der Waals surface area contributed by atoms with Crippen LogP contribution in [-0.4, -0.2) is 69.8 Å². The highest BCUT2D eigenvalue weighted by Crippen LogP contribution is 2.37. The van der Waals surface area contributed by atoms with Gasteiger partial charge in [-0.3, -0.25) is 24.1 Å². The molecular weight excluding hydrogens is 520 g/mol. The van der Waals surface area contributed by atoms with Crippen LogP contribution in [0.15, 0.2) is 34.4 Å². The minimum atomic E-state index is -2.13. The van der Waals surface area contributed by atoms with Crippen molar-refractivity contribution in [3.05, 3.63) is 61.9 Å². The molecule has 2 atom stereocenters. The SMILES string of the molecule is Cc1ccc(CNC(=O)c2cn3c(c(N=O)c2=O)C(=O)N(CCCP(O)O)C2(CCOC2)N3C)c(P)c1. The predicted octanol–water partition coefficient (Wildman–Crippen LogP) is 0.812. The van der Waals surface area contributed by atoms with Crippen LogP contribution in [0.4, 0.5) is 5.69 Å².